The van der Waals surface area contributed by atoms with Gasteiger partial charge in [-0.3, -0.25) is 4.99 Å². The molecule has 0 bridgehead atoms. The Kier molecular flexibility index (Phi) is 4.79. The molecule has 0 spiro atoms. The van der Waals surface area contributed by atoms with Crippen molar-refractivity contribution in [3.63, 3.8) is 0 Å². The average Bonchev–Trinajstić information content (AvgIpc) is 2.39. The highest BCUT2D eigenvalue weighted by Gasteiger charge is 2.10. The highest BCUT2D eigenvalue weighted by atomic mass is 16.5. The van der Waals surface area contributed by atoms with Gasteiger partial charge >= 0.3 is 0 Å². The highest BCUT2D eigenvalue weighted by molar-refractivity contribution is 5.82. The smallest absolute Gasteiger partial charge is 0.187 e. The molecule has 0 aliphatic carbocycles. The summed E-state index contributed by atoms with van der Waals surface area (Å²) in [6.45, 7) is 4.33. The molecule has 0 saturated heterocycles. The van der Waals surface area contributed by atoms with Crippen molar-refractivity contribution in [3.8, 4) is 0 Å². The second kappa shape index (κ2) is 6.57. The predicted octanol–water partition coefficient (Wildman–Crippen LogP) is 2.55. The molecule has 108 valence electrons. The van der Waals surface area contributed by atoms with Crippen molar-refractivity contribution in [2.24, 2.45) is 4.99 Å². The summed E-state index contributed by atoms with van der Waals surface area (Å²) in [4.78, 5) is 6.68. The standard InChI is InChI=1S/C16H23N3O/c1-12-4-7-16(20-9-8-19(2)3)18-11-13-5-6-14(17)10-15(12)13/h4-6,10H,7-9,11,17H2,1-3H3. The summed E-state index contributed by atoms with van der Waals surface area (Å²) in [6, 6.07) is 6.00. The number of benzene rings is 1. The molecule has 1 aliphatic heterocycles. The Hall–Kier alpha value is -1.81. The van der Waals surface area contributed by atoms with E-state index >= 15 is 0 Å². The third kappa shape index (κ3) is 3.84. The minimum absolute atomic E-state index is 0.651. The number of hydrogen-bond donors (Lipinski definition) is 1. The van der Waals surface area contributed by atoms with E-state index in [1.807, 2.05) is 32.3 Å². The molecular weight excluding hydrogens is 250 g/mol. The van der Waals surface area contributed by atoms with Crippen molar-refractivity contribution < 1.29 is 4.74 Å². The van der Waals surface area contributed by atoms with E-state index in [4.69, 9.17) is 10.5 Å². The van der Waals surface area contributed by atoms with E-state index in [0.29, 0.717) is 13.2 Å². The Morgan fingerprint density at radius 2 is 2.15 bits per heavy atom. The molecule has 0 aromatic heterocycles. The van der Waals surface area contributed by atoms with Gasteiger partial charge in [0.2, 0.25) is 0 Å². The first-order chi connectivity index (χ1) is 9.56. The van der Waals surface area contributed by atoms with Gasteiger partial charge in [0.15, 0.2) is 5.90 Å². The van der Waals surface area contributed by atoms with Gasteiger partial charge in [0, 0.05) is 18.7 Å². The molecule has 0 amide bonds. The van der Waals surface area contributed by atoms with E-state index in [0.717, 1.165) is 24.6 Å². The molecule has 0 fully saturated rings. The summed E-state index contributed by atoms with van der Waals surface area (Å²) < 4.78 is 5.76. The molecule has 0 saturated carbocycles. The zero-order valence-corrected chi connectivity index (χ0v) is 12.5. The van der Waals surface area contributed by atoms with Crippen LogP contribution in [0.25, 0.3) is 5.57 Å². The number of hydrogen-bond acceptors (Lipinski definition) is 4. The zero-order chi connectivity index (χ0) is 14.5. The maximum absolute atomic E-state index is 5.86. The second-order valence-corrected chi connectivity index (χ2v) is 5.37. The van der Waals surface area contributed by atoms with E-state index in [1.165, 1.54) is 16.7 Å². The van der Waals surface area contributed by atoms with Crippen LogP contribution in [0.5, 0.6) is 0 Å². The van der Waals surface area contributed by atoms with Crippen molar-refractivity contribution in [2.75, 3.05) is 33.0 Å². The SMILES string of the molecule is CC1=CCC(OCCN(C)C)=NCc2ccc(N)cc21. The molecule has 1 heterocycles. The lowest BCUT2D eigenvalue weighted by molar-refractivity contribution is 0.247. The average molecular weight is 273 g/mol. The first-order valence-corrected chi connectivity index (χ1v) is 6.92. The van der Waals surface area contributed by atoms with Crippen LogP contribution in [0.2, 0.25) is 0 Å². The Morgan fingerprint density at radius 1 is 1.35 bits per heavy atom. The number of ether oxygens (including phenoxy) is 1. The fraction of sp³-hybridized carbons (Fsp3) is 0.438. The lowest BCUT2D eigenvalue weighted by atomic mass is 9.98. The van der Waals surface area contributed by atoms with Gasteiger partial charge < -0.3 is 15.4 Å². The molecule has 1 aromatic carbocycles. The van der Waals surface area contributed by atoms with Gasteiger partial charge in [-0.15, -0.1) is 0 Å². The van der Waals surface area contributed by atoms with Gasteiger partial charge in [0.1, 0.15) is 6.61 Å². The van der Waals surface area contributed by atoms with Crippen LogP contribution in [0.4, 0.5) is 5.69 Å². The molecule has 4 heteroatoms. The summed E-state index contributed by atoms with van der Waals surface area (Å²) >= 11 is 0. The summed E-state index contributed by atoms with van der Waals surface area (Å²) in [7, 11) is 4.07. The normalized spacial score (nSPS) is 15.0. The molecule has 0 atom stereocenters. The molecule has 1 aliphatic rings. The number of nitrogens with two attached hydrogens (primary N) is 1. The Labute approximate surface area is 120 Å². The van der Waals surface area contributed by atoms with Gasteiger partial charge in [0.05, 0.1) is 6.54 Å². The van der Waals surface area contributed by atoms with Crippen molar-refractivity contribution in [1.29, 1.82) is 0 Å². The van der Waals surface area contributed by atoms with Gasteiger partial charge in [-0.05, 0) is 49.9 Å². The Morgan fingerprint density at radius 3 is 2.90 bits per heavy atom. The predicted molar refractivity (Wildman–Crippen MR) is 84.8 cm³/mol. The maximum atomic E-state index is 5.86. The highest BCUT2D eigenvalue weighted by Crippen LogP contribution is 2.24. The largest absolute Gasteiger partial charge is 0.479 e. The first-order valence-electron chi connectivity index (χ1n) is 6.92. The lowest BCUT2D eigenvalue weighted by Gasteiger charge is -2.16. The van der Waals surface area contributed by atoms with Crippen LogP contribution < -0.4 is 5.73 Å². The summed E-state index contributed by atoms with van der Waals surface area (Å²) in [6.07, 6.45) is 2.90. The van der Waals surface area contributed by atoms with Gasteiger partial charge in [0.25, 0.3) is 0 Å². The van der Waals surface area contributed by atoms with Crippen molar-refractivity contribution in [2.45, 2.75) is 19.9 Å². The third-order valence-electron chi connectivity index (χ3n) is 3.37. The molecule has 1 aromatic rings. The summed E-state index contributed by atoms with van der Waals surface area (Å²) in [5.41, 5.74) is 10.3. The second-order valence-electron chi connectivity index (χ2n) is 5.37. The molecule has 2 N–H and O–H groups in total. The van der Waals surface area contributed by atoms with Crippen LogP contribution in [-0.2, 0) is 11.3 Å². The Balaban J connectivity index is 2.12. The van der Waals surface area contributed by atoms with Crippen LogP contribution in [-0.4, -0.2) is 38.0 Å². The van der Waals surface area contributed by atoms with Gasteiger partial charge in [-0.2, -0.15) is 0 Å². The molecule has 0 radical (unpaired) electrons. The number of nitrogens with zero attached hydrogens (tertiary/aromatic N) is 2. The summed E-state index contributed by atoms with van der Waals surface area (Å²) in [5, 5.41) is 0. The van der Waals surface area contributed by atoms with Gasteiger partial charge in [-0.25, -0.2) is 0 Å². The number of likely N-dealkylation sites (N-methyl/N-ethyl adjacent to an activating group) is 1. The van der Waals surface area contributed by atoms with E-state index in [9.17, 15) is 0 Å². The zero-order valence-electron chi connectivity index (χ0n) is 12.5. The fourth-order valence-electron chi connectivity index (χ4n) is 2.14. The van der Waals surface area contributed by atoms with Crippen LogP contribution in [0, 0.1) is 0 Å². The number of nitrogen functional groups attached to an aromatic ring is 1. The number of aliphatic imine (C=N–C) groups is 1. The quantitative estimate of drug-likeness (QED) is 0.861. The fourth-order valence-corrected chi connectivity index (χ4v) is 2.14. The van der Waals surface area contributed by atoms with Crippen LogP contribution in [0.15, 0.2) is 29.3 Å². The minimum Gasteiger partial charge on any atom is -0.479 e. The Bertz CT molecular complexity index is 533. The molecule has 20 heavy (non-hydrogen) atoms. The van der Waals surface area contributed by atoms with Crippen molar-refractivity contribution >= 4 is 17.2 Å². The van der Waals surface area contributed by atoms with Crippen LogP contribution >= 0.6 is 0 Å². The minimum atomic E-state index is 0.651. The molecular formula is C16H23N3O. The number of allylic oxidation sites excluding steroid dienone is 1. The van der Waals surface area contributed by atoms with Crippen LogP contribution in [0.3, 0.4) is 0 Å². The van der Waals surface area contributed by atoms with Crippen molar-refractivity contribution in [1.82, 2.24) is 4.90 Å². The molecule has 4 nitrogen and oxygen atoms in total. The van der Waals surface area contributed by atoms with E-state index < -0.39 is 0 Å². The first kappa shape index (κ1) is 14.6. The topological polar surface area (TPSA) is 50.8 Å². The number of anilines is 1. The van der Waals surface area contributed by atoms with Crippen molar-refractivity contribution in [3.05, 3.63) is 35.4 Å². The third-order valence-corrected chi connectivity index (χ3v) is 3.37. The summed E-state index contributed by atoms with van der Waals surface area (Å²) in [5.74, 6) is 0.814. The van der Waals surface area contributed by atoms with Crippen LogP contribution in [0.1, 0.15) is 24.5 Å². The van der Waals surface area contributed by atoms with Gasteiger partial charge in [-0.1, -0.05) is 12.1 Å². The lowest BCUT2D eigenvalue weighted by Crippen LogP contribution is -2.20. The van der Waals surface area contributed by atoms with E-state index in [2.05, 4.69) is 22.9 Å². The number of rotatable bonds is 3. The molecule has 0 unspecified atom stereocenters. The van der Waals surface area contributed by atoms with E-state index in [-0.39, 0.29) is 0 Å². The molecule has 2 rings (SSSR count). The number of fused-ring (bicyclic) bond motifs is 1. The maximum Gasteiger partial charge on any atom is 0.187 e. The van der Waals surface area contributed by atoms with E-state index in [1.54, 1.807) is 0 Å². The monoisotopic (exact) mass is 273 g/mol.